The van der Waals surface area contributed by atoms with Gasteiger partial charge in [0.25, 0.3) is 0 Å². The molecule has 0 aliphatic carbocycles. The zero-order chi connectivity index (χ0) is 13.3. The van der Waals surface area contributed by atoms with E-state index in [1.165, 1.54) is 12.1 Å². The van der Waals surface area contributed by atoms with Crippen molar-refractivity contribution in [1.82, 2.24) is 5.32 Å². The number of fused-ring (bicyclic) bond motifs is 1. The van der Waals surface area contributed by atoms with Gasteiger partial charge in [-0.1, -0.05) is 0 Å². The highest BCUT2D eigenvalue weighted by atomic mass is 19.4. The number of nitrogens with zero attached hydrogens (tertiary/aromatic N) is 1. The van der Waals surface area contributed by atoms with Crippen molar-refractivity contribution in [3.8, 4) is 0 Å². The fourth-order valence-corrected chi connectivity index (χ4v) is 2.53. The van der Waals surface area contributed by atoms with Crippen LogP contribution in [0.5, 0.6) is 0 Å². The third kappa shape index (κ3) is 2.32. The number of rotatable bonds is 3. The van der Waals surface area contributed by atoms with E-state index in [1.54, 1.807) is 6.07 Å². The lowest BCUT2D eigenvalue weighted by molar-refractivity contribution is -0.137. The number of nitrogens with one attached hydrogen (secondary N) is 1. The quantitative estimate of drug-likeness (QED) is 0.896. The first-order chi connectivity index (χ1) is 8.47. The second kappa shape index (κ2) is 4.80. The fourth-order valence-electron chi connectivity index (χ4n) is 2.53. The minimum Gasteiger partial charge on any atom is -0.371 e. The third-order valence-corrected chi connectivity index (χ3v) is 3.41. The van der Waals surface area contributed by atoms with E-state index < -0.39 is 11.7 Å². The summed E-state index contributed by atoms with van der Waals surface area (Å²) in [6.07, 6.45) is -4.27. The summed E-state index contributed by atoms with van der Waals surface area (Å²) in [5.41, 5.74) is 1.19. The summed E-state index contributed by atoms with van der Waals surface area (Å²) in [5.74, 6) is 0.132. The van der Waals surface area contributed by atoms with Crippen molar-refractivity contribution in [2.45, 2.75) is 19.0 Å². The van der Waals surface area contributed by atoms with Crippen LogP contribution in [0.2, 0.25) is 0 Å². The van der Waals surface area contributed by atoms with E-state index in [2.05, 4.69) is 10.2 Å². The normalized spacial score (nSPS) is 19.2. The van der Waals surface area contributed by atoms with E-state index in [1.807, 2.05) is 14.0 Å². The molecule has 0 fully saturated rings. The Labute approximate surface area is 105 Å². The Hall–Kier alpha value is -1.23. The maximum Gasteiger partial charge on any atom is 0.416 e. The molecule has 1 heterocycles. The number of benzene rings is 1. The van der Waals surface area contributed by atoms with Crippen molar-refractivity contribution in [1.29, 1.82) is 0 Å². The molecule has 1 aliphatic heterocycles. The predicted octanol–water partition coefficient (Wildman–Crippen LogP) is 2.85. The molecule has 100 valence electrons. The van der Waals surface area contributed by atoms with Gasteiger partial charge < -0.3 is 10.2 Å². The van der Waals surface area contributed by atoms with Crippen LogP contribution in [-0.2, 0) is 6.18 Å². The van der Waals surface area contributed by atoms with Crippen molar-refractivity contribution in [2.24, 2.45) is 0 Å². The Kier molecular flexibility index (Phi) is 3.52. The van der Waals surface area contributed by atoms with Crippen molar-refractivity contribution in [2.75, 3.05) is 31.6 Å². The molecule has 1 N–H and O–H groups in total. The first-order valence-corrected chi connectivity index (χ1v) is 6.08. The Balaban J connectivity index is 2.40. The van der Waals surface area contributed by atoms with Gasteiger partial charge in [-0.05, 0) is 37.7 Å². The van der Waals surface area contributed by atoms with E-state index in [-0.39, 0.29) is 5.92 Å². The molecule has 1 atom stereocenters. The van der Waals surface area contributed by atoms with Gasteiger partial charge in [0.1, 0.15) is 0 Å². The van der Waals surface area contributed by atoms with Gasteiger partial charge in [0.15, 0.2) is 0 Å². The summed E-state index contributed by atoms with van der Waals surface area (Å²) in [6, 6.07) is 4.06. The lowest BCUT2D eigenvalue weighted by Crippen LogP contribution is -2.25. The van der Waals surface area contributed by atoms with Crippen molar-refractivity contribution >= 4 is 5.69 Å². The van der Waals surface area contributed by atoms with E-state index >= 15 is 0 Å². The smallest absolute Gasteiger partial charge is 0.371 e. The molecule has 5 heteroatoms. The van der Waals surface area contributed by atoms with E-state index in [0.717, 1.165) is 24.3 Å². The average molecular weight is 258 g/mol. The molecule has 0 spiro atoms. The fraction of sp³-hybridized carbons (Fsp3) is 0.538. The Morgan fingerprint density at radius 3 is 2.67 bits per heavy atom. The standard InChI is InChI=1S/C13H17F3N2/c1-3-18-8-9(7-17-2)11-6-10(13(14,15)16)4-5-12(11)18/h4-6,9,17H,3,7-8H2,1-2H3. The van der Waals surface area contributed by atoms with Crippen LogP contribution in [0.1, 0.15) is 24.0 Å². The average Bonchev–Trinajstić information content (AvgIpc) is 2.66. The van der Waals surface area contributed by atoms with E-state index in [9.17, 15) is 13.2 Å². The summed E-state index contributed by atoms with van der Waals surface area (Å²) in [7, 11) is 1.82. The molecule has 1 aromatic carbocycles. The predicted molar refractivity (Wildman–Crippen MR) is 66.0 cm³/mol. The molecule has 0 aromatic heterocycles. The van der Waals surface area contributed by atoms with Crippen molar-refractivity contribution in [3.05, 3.63) is 29.3 Å². The van der Waals surface area contributed by atoms with Gasteiger partial charge >= 0.3 is 6.18 Å². The second-order valence-electron chi connectivity index (χ2n) is 4.56. The topological polar surface area (TPSA) is 15.3 Å². The number of alkyl halides is 3. The maximum absolute atomic E-state index is 12.7. The highest BCUT2D eigenvalue weighted by Gasteiger charge is 2.34. The summed E-state index contributed by atoms with van der Waals surface area (Å²) in [6.45, 7) is 4.32. The molecule has 1 unspecified atom stereocenters. The molecule has 2 nitrogen and oxygen atoms in total. The Bertz CT molecular complexity index is 429. The number of hydrogen-bond donors (Lipinski definition) is 1. The summed E-state index contributed by atoms with van der Waals surface area (Å²) in [4.78, 5) is 2.12. The number of hydrogen-bond acceptors (Lipinski definition) is 2. The molecule has 0 saturated heterocycles. The van der Waals surface area contributed by atoms with Gasteiger partial charge in [0.2, 0.25) is 0 Å². The molecule has 18 heavy (non-hydrogen) atoms. The highest BCUT2D eigenvalue weighted by Crippen LogP contribution is 2.39. The summed E-state index contributed by atoms with van der Waals surface area (Å²) < 4.78 is 38.2. The maximum atomic E-state index is 12.7. The number of anilines is 1. The molecular weight excluding hydrogens is 241 g/mol. The largest absolute Gasteiger partial charge is 0.416 e. The molecule has 1 aromatic rings. The molecule has 0 radical (unpaired) electrons. The summed E-state index contributed by atoms with van der Waals surface area (Å²) in [5, 5.41) is 3.05. The third-order valence-electron chi connectivity index (χ3n) is 3.41. The van der Waals surface area contributed by atoms with Crippen LogP contribution in [0.15, 0.2) is 18.2 Å². The van der Waals surface area contributed by atoms with Crippen LogP contribution < -0.4 is 10.2 Å². The Morgan fingerprint density at radius 2 is 2.11 bits per heavy atom. The molecule has 0 saturated carbocycles. The zero-order valence-corrected chi connectivity index (χ0v) is 10.5. The van der Waals surface area contributed by atoms with Crippen molar-refractivity contribution in [3.63, 3.8) is 0 Å². The zero-order valence-electron chi connectivity index (χ0n) is 10.5. The monoisotopic (exact) mass is 258 g/mol. The lowest BCUT2D eigenvalue weighted by Gasteiger charge is -2.17. The van der Waals surface area contributed by atoms with Gasteiger partial charge in [-0.2, -0.15) is 13.2 Å². The van der Waals surface area contributed by atoms with Gasteiger partial charge in [0.05, 0.1) is 5.56 Å². The summed E-state index contributed by atoms with van der Waals surface area (Å²) >= 11 is 0. The molecular formula is C13H17F3N2. The van der Waals surface area contributed by atoms with Crippen LogP contribution in [0.3, 0.4) is 0 Å². The van der Waals surface area contributed by atoms with Crippen LogP contribution in [-0.4, -0.2) is 26.7 Å². The molecule has 2 rings (SSSR count). The van der Waals surface area contributed by atoms with E-state index in [0.29, 0.717) is 6.54 Å². The Morgan fingerprint density at radius 1 is 1.39 bits per heavy atom. The molecule has 1 aliphatic rings. The number of halogens is 3. The first kappa shape index (κ1) is 13.2. The van der Waals surface area contributed by atoms with Crippen LogP contribution >= 0.6 is 0 Å². The SMILES string of the molecule is CCN1CC(CNC)c2cc(C(F)(F)F)ccc21. The van der Waals surface area contributed by atoms with Gasteiger partial charge in [-0.3, -0.25) is 0 Å². The number of likely N-dealkylation sites (N-methyl/N-ethyl adjacent to an activating group) is 2. The van der Waals surface area contributed by atoms with Crippen LogP contribution in [0, 0.1) is 0 Å². The van der Waals surface area contributed by atoms with Gasteiger partial charge in [-0.25, -0.2) is 0 Å². The second-order valence-corrected chi connectivity index (χ2v) is 4.56. The molecule has 0 bridgehead atoms. The van der Waals surface area contributed by atoms with Gasteiger partial charge in [0, 0.05) is 31.2 Å². The van der Waals surface area contributed by atoms with Crippen molar-refractivity contribution < 1.29 is 13.2 Å². The van der Waals surface area contributed by atoms with Crippen LogP contribution in [0.25, 0.3) is 0 Å². The minimum atomic E-state index is -4.27. The lowest BCUT2D eigenvalue weighted by atomic mass is 9.99. The first-order valence-electron chi connectivity index (χ1n) is 6.08. The molecule has 0 amide bonds. The van der Waals surface area contributed by atoms with E-state index in [4.69, 9.17) is 0 Å². The minimum absolute atomic E-state index is 0.132. The van der Waals surface area contributed by atoms with Crippen LogP contribution in [0.4, 0.5) is 18.9 Å². The van der Waals surface area contributed by atoms with Gasteiger partial charge in [-0.15, -0.1) is 0 Å². The highest BCUT2D eigenvalue weighted by molar-refractivity contribution is 5.61.